The van der Waals surface area contributed by atoms with Gasteiger partial charge in [0.15, 0.2) is 5.78 Å². The second kappa shape index (κ2) is 4.63. The van der Waals surface area contributed by atoms with Gasteiger partial charge in [-0.3, -0.25) is 4.79 Å². The molecule has 0 aromatic carbocycles. The summed E-state index contributed by atoms with van der Waals surface area (Å²) < 4.78 is 0. The molecule has 78 valence electrons. The Balaban J connectivity index is 2.01. The zero-order valence-electron chi connectivity index (χ0n) is 8.80. The number of allylic oxidation sites excluding steroid dienone is 1. The average molecular weight is 193 g/mol. The van der Waals surface area contributed by atoms with Crippen molar-refractivity contribution in [2.75, 3.05) is 13.1 Å². The SMILES string of the molecule is O=C1CCCCC/C1=C/N1CCCC1. The van der Waals surface area contributed by atoms with Crippen LogP contribution in [0.2, 0.25) is 0 Å². The van der Waals surface area contributed by atoms with Crippen LogP contribution < -0.4 is 0 Å². The maximum absolute atomic E-state index is 11.7. The molecule has 1 saturated heterocycles. The monoisotopic (exact) mass is 193 g/mol. The highest BCUT2D eigenvalue weighted by Gasteiger charge is 2.15. The van der Waals surface area contributed by atoms with Crippen LogP contribution in [-0.4, -0.2) is 23.8 Å². The van der Waals surface area contributed by atoms with Crippen molar-refractivity contribution in [1.82, 2.24) is 4.90 Å². The van der Waals surface area contributed by atoms with Crippen molar-refractivity contribution < 1.29 is 4.79 Å². The van der Waals surface area contributed by atoms with E-state index in [9.17, 15) is 4.79 Å². The fourth-order valence-electron chi connectivity index (χ4n) is 2.31. The van der Waals surface area contributed by atoms with E-state index in [0.29, 0.717) is 5.78 Å². The number of hydrogen-bond acceptors (Lipinski definition) is 2. The first-order valence-corrected chi connectivity index (χ1v) is 5.84. The van der Waals surface area contributed by atoms with Gasteiger partial charge in [0, 0.05) is 31.3 Å². The lowest BCUT2D eigenvalue weighted by atomic mass is 10.1. The van der Waals surface area contributed by atoms with Crippen LogP contribution in [0.5, 0.6) is 0 Å². The molecule has 14 heavy (non-hydrogen) atoms. The summed E-state index contributed by atoms with van der Waals surface area (Å²) in [4.78, 5) is 14.0. The number of rotatable bonds is 1. The third-order valence-corrected chi connectivity index (χ3v) is 3.19. The molecule has 2 fully saturated rings. The van der Waals surface area contributed by atoms with E-state index >= 15 is 0 Å². The molecule has 0 spiro atoms. The van der Waals surface area contributed by atoms with Crippen LogP contribution in [0.15, 0.2) is 11.8 Å². The molecule has 0 unspecified atom stereocenters. The van der Waals surface area contributed by atoms with Crippen molar-refractivity contribution in [1.29, 1.82) is 0 Å². The molecule has 2 nitrogen and oxygen atoms in total. The smallest absolute Gasteiger partial charge is 0.160 e. The number of carbonyl (C=O) groups excluding carboxylic acids is 1. The van der Waals surface area contributed by atoms with E-state index in [2.05, 4.69) is 11.1 Å². The van der Waals surface area contributed by atoms with Gasteiger partial charge < -0.3 is 4.90 Å². The Labute approximate surface area is 86.0 Å². The second-order valence-corrected chi connectivity index (χ2v) is 4.38. The molecular formula is C12H19NO. The Bertz CT molecular complexity index is 239. The first-order valence-electron chi connectivity index (χ1n) is 5.84. The minimum Gasteiger partial charge on any atom is -0.377 e. The van der Waals surface area contributed by atoms with Gasteiger partial charge in [-0.05, 0) is 32.1 Å². The molecule has 2 aliphatic rings. The van der Waals surface area contributed by atoms with E-state index in [0.717, 1.165) is 37.9 Å². The number of ketones is 1. The summed E-state index contributed by atoms with van der Waals surface area (Å²) in [5, 5.41) is 0. The number of nitrogens with zero attached hydrogens (tertiary/aromatic N) is 1. The van der Waals surface area contributed by atoms with Crippen molar-refractivity contribution in [3.8, 4) is 0 Å². The van der Waals surface area contributed by atoms with Gasteiger partial charge in [0.2, 0.25) is 0 Å². The Hall–Kier alpha value is -0.790. The van der Waals surface area contributed by atoms with E-state index in [4.69, 9.17) is 0 Å². The van der Waals surface area contributed by atoms with Crippen LogP contribution in [0, 0.1) is 0 Å². The lowest BCUT2D eigenvalue weighted by Gasteiger charge is -2.13. The summed E-state index contributed by atoms with van der Waals surface area (Å²) in [5.41, 5.74) is 1.09. The van der Waals surface area contributed by atoms with Crippen LogP contribution >= 0.6 is 0 Å². The predicted molar refractivity (Wildman–Crippen MR) is 57.0 cm³/mol. The van der Waals surface area contributed by atoms with Gasteiger partial charge in [-0.2, -0.15) is 0 Å². The molecule has 2 heteroatoms. The topological polar surface area (TPSA) is 20.3 Å². The number of Topliss-reactive ketones (excluding diaryl/α,β-unsaturated/α-hetero) is 1. The maximum Gasteiger partial charge on any atom is 0.160 e. The normalized spacial score (nSPS) is 27.0. The third kappa shape index (κ3) is 2.37. The quantitative estimate of drug-likeness (QED) is 0.471. The molecule has 1 aliphatic carbocycles. The molecule has 1 saturated carbocycles. The molecule has 1 heterocycles. The van der Waals surface area contributed by atoms with Gasteiger partial charge in [-0.15, -0.1) is 0 Å². The molecule has 1 aliphatic heterocycles. The number of carbonyl (C=O) groups is 1. The van der Waals surface area contributed by atoms with Crippen LogP contribution in [-0.2, 0) is 4.79 Å². The first kappa shape index (κ1) is 9.75. The molecular weight excluding hydrogens is 174 g/mol. The van der Waals surface area contributed by atoms with Gasteiger partial charge in [0.1, 0.15) is 0 Å². The Kier molecular flexibility index (Phi) is 3.22. The van der Waals surface area contributed by atoms with Crippen molar-refractivity contribution in [3.05, 3.63) is 11.8 Å². The highest BCUT2D eigenvalue weighted by atomic mass is 16.1. The summed E-state index contributed by atoms with van der Waals surface area (Å²) in [6, 6.07) is 0. The van der Waals surface area contributed by atoms with Crippen LogP contribution in [0.25, 0.3) is 0 Å². The molecule has 0 radical (unpaired) electrons. The van der Waals surface area contributed by atoms with Crippen molar-refractivity contribution in [3.63, 3.8) is 0 Å². The maximum atomic E-state index is 11.7. The predicted octanol–water partition coefficient (Wildman–Crippen LogP) is 2.50. The standard InChI is InChI=1S/C12H19NO/c14-12-7-3-1-2-6-11(12)10-13-8-4-5-9-13/h10H,1-9H2/b11-10-. The second-order valence-electron chi connectivity index (χ2n) is 4.38. The number of hydrogen-bond donors (Lipinski definition) is 0. The fraction of sp³-hybridized carbons (Fsp3) is 0.750. The molecule has 0 atom stereocenters. The molecule has 0 aromatic heterocycles. The van der Waals surface area contributed by atoms with E-state index in [1.54, 1.807) is 0 Å². The Morgan fingerprint density at radius 1 is 0.929 bits per heavy atom. The Morgan fingerprint density at radius 2 is 1.64 bits per heavy atom. The average Bonchev–Trinajstić information content (AvgIpc) is 2.60. The minimum absolute atomic E-state index is 0.398. The summed E-state index contributed by atoms with van der Waals surface area (Å²) in [5.74, 6) is 0.398. The summed E-state index contributed by atoms with van der Waals surface area (Å²) in [6.07, 6.45) is 10.0. The highest BCUT2D eigenvalue weighted by molar-refractivity contribution is 5.95. The third-order valence-electron chi connectivity index (χ3n) is 3.19. The van der Waals surface area contributed by atoms with E-state index in [1.165, 1.54) is 25.7 Å². The minimum atomic E-state index is 0.398. The summed E-state index contributed by atoms with van der Waals surface area (Å²) >= 11 is 0. The molecule has 0 aromatic rings. The first-order chi connectivity index (χ1) is 6.86. The molecule has 2 rings (SSSR count). The van der Waals surface area contributed by atoms with Gasteiger partial charge in [0.25, 0.3) is 0 Å². The van der Waals surface area contributed by atoms with E-state index in [-0.39, 0.29) is 0 Å². The molecule has 0 N–H and O–H groups in total. The van der Waals surface area contributed by atoms with Crippen LogP contribution in [0.4, 0.5) is 0 Å². The molecule has 0 amide bonds. The number of likely N-dealkylation sites (tertiary alicyclic amines) is 1. The zero-order valence-corrected chi connectivity index (χ0v) is 8.80. The van der Waals surface area contributed by atoms with Crippen molar-refractivity contribution >= 4 is 5.78 Å². The highest BCUT2D eigenvalue weighted by Crippen LogP contribution is 2.21. The van der Waals surface area contributed by atoms with E-state index in [1.807, 2.05) is 0 Å². The summed E-state index contributed by atoms with van der Waals surface area (Å²) in [6.45, 7) is 2.30. The Morgan fingerprint density at radius 3 is 2.43 bits per heavy atom. The van der Waals surface area contributed by atoms with Gasteiger partial charge >= 0.3 is 0 Å². The van der Waals surface area contributed by atoms with Gasteiger partial charge in [-0.25, -0.2) is 0 Å². The lowest BCUT2D eigenvalue weighted by molar-refractivity contribution is -0.115. The lowest BCUT2D eigenvalue weighted by Crippen LogP contribution is -2.14. The van der Waals surface area contributed by atoms with Crippen LogP contribution in [0.1, 0.15) is 44.9 Å². The van der Waals surface area contributed by atoms with Crippen LogP contribution in [0.3, 0.4) is 0 Å². The fourth-order valence-corrected chi connectivity index (χ4v) is 2.31. The van der Waals surface area contributed by atoms with Gasteiger partial charge in [0.05, 0.1) is 0 Å². The molecule has 0 bridgehead atoms. The summed E-state index contributed by atoms with van der Waals surface area (Å²) in [7, 11) is 0. The largest absolute Gasteiger partial charge is 0.377 e. The van der Waals surface area contributed by atoms with Gasteiger partial charge in [-0.1, -0.05) is 6.42 Å². The van der Waals surface area contributed by atoms with Crippen molar-refractivity contribution in [2.45, 2.75) is 44.9 Å². The van der Waals surface area contributed by atoms with E-state index < -0.39 is 0 Å². The van der Waals surface area contributed by atoms with Crippen molar-refractivity contribution in [2.24, 2.45) is 0 Å². The zero-order chi connectivity index (χ0) is 9.80.